The van der Waals surface area contributed by atoms with E-state index in [0.717, 1.165) is 0 Å². The lowest BCUT2D eigenvalue weighted by molar-refractivity contribution is 0.0469. The van der Waals surface area contributed by atoms with Crippen molar-refractivity contribution in [1.29, 1.82) is 0 Å². The Labute approximate surface area is 120 Å². The third-order valence-corrected chi connectivity index (χ3v) is 2.75. The maximum atomic E-state index is 11.8. The van der Waals surface area contributed by atoms with Gasteiger partial charge in [0.1, 0.15) is 5.69 Å². The van der Waals surface area contributed by atoms with Crippen molar-refractivity contribution >= 4 is 29.0 Å². The second-order valence-corrected chi connectivity index (χ2v) is 4.42. The Bertz CT molecular complexity index is 566. The molecule has 2 rings (SSSR count). The van der Waals surface area contributed by atoms with Crippen molar-refractivity contribution in [1.82, 2.24) is 4.98 Å². The number of Topliss-reactive ketones (excluding diaryl/α,β-unsaturated/α-hetero) is 1. The first-order valence-corrected chi connectivity index (χ1v) is 6.11. The van der Waals surface area contributed by atoms with E-state index in [4.69, 9.17) is 22.1 Å². The molecule has 2 aromatic rings. The molecule has 0 atom stereocenters. The zero-order chi connectivity index (χ0) is 14.5. The van der Waals surface area contributed by atoms with Crippen LogP contribution in [-0.4, -0.2) is 23.3 Å². The molecule has 0 aliphatic heterocycles. The van der Waals surface area contributed by atoms with Crippen LogP contribution in [0.15, 0.2) is 42.6 Å². The van der Waals surface area contributed by atoms with Crippen molar-refractivity contribution in [2.24, 2.45) is 0 Å². The number of hydrogen-bond acceptors (Lipinski definition) is 5. The predicted octanol–water partition coefficient (Wildman–Crippen LogP) is 2.36. The fraction of sp³-hybridized carbons (Fsp3) is 0.0714. The van der Waals surface area contributed by atoms with Crippen molar-refractivity contribution < 1.29 is 14.3 Å². The first-order valence-electron chi connectivity index (χ1n) is 5.73. The number of nitrogen functional groups attached to an aromatic ring is 1. The first-order chi connectivity index (χ1) is 9.56. The Balaban J connectivity index is 1.94. The van der Waals surface area contributed by atoms with Crippen molar-refractivity contribution in [3.63, 3.8) is 0 Å². The SMILES string of the molecule is Nc1ccc(C(=O)OCC(=O)c2ccc(Cl)cc2)nc1. The molecule has 20 heavy (non-hydrogen) atoms. The molecule has 1 aromatic heterocycles. The fourth-order valence-corrected chi connectivity index (χ4v) is 1.58. The normalized spacial score (nSPS) is 10.1. The zero-order valence-corrected chi connectivity index (χ0v) is 11.1. The standard InChI is InChI=1S/C14H11ClN2O3/c15-10-3-1-9(2-4-10)13(18)8-20-14(19)12-6-5-11(16)7-17-12/h1-7H,8,16H2. The summed E-state index contributed by atoms with van der Waals surface area (Å²) in [5, 5.41) is 0.532. The molecule has 0 aliphatic rings. The number of halogens is 1. The molecule has 6 heteroatoms. The number of ether oxygens (including phenoxy) is 1. The number of benzene rings is 1. The molecule has 1 aromatic carbocycles. The molecule has 0 bridgehead atoms. The predicted molar refractivity (Wildman–Crippen MR) is 74.7 cm³/mol. The fourth-order valence-electron chi connectivity index (χ4n) is 1.45. The molecule has 0 radical (unpaired) electrons. The van der Waals surface area contributed by atoms with Crippen molar-refractivity contribution in [3.8, 4) is 0 Å². The highest BCUT2D eigenvalue weighted by Crippen LogP contribution is 2.10. The number of rotatable bonds is 4. The summed E-state index contributed by atoms with van der Waals surface area (Å²) in [6.07, 6.45) is 1.34. The molecule has 2 N–H and O–H groups in total. The Morgan fingerprint density at radius 3 is 2.45 bits per heavy atom. The number of anilines is 1. The number of carbonyl (C=O) groups excluding carboxylic acids is 2. The van der Waals surface area contributed by atoms with Crippen LogP contribution in [-0.2, 0) is 4.74 Å². The molecule has 0 fully saturated rings. The van der Waals surface area contributed by atoms with Gasteiger partial charge in [-0.25, -0.2) is 9.78 Å². The first kappa shape index (κ1) is 14.0. The van der Waals surface area contributed by atoms with Crippen LogP contribution in [0.25, 0.3) is 0 Å². The quantitative estimate of drug-likeness (QED) is 0.690. The van der Waals surface area contributed by atoms with Crippen LogP contribution in [0.3, 0.4) is 0 Å². The van der Waals surface area contributed by atoms with Crippen LogP contribution in [0.1, 0.15) is 20.8 Å². The Morgan fingerprint density at radius 1 is 1.15 bits per heavy atom. The molecule has 0 saturated carbocycles. The third-order valence-electron chi connectivity index (χ3n) is 2.50. The van der Waals surface area contributed by atoms with Gasteiger partial charge in [-0.1, -0.05) is 11.6 Å². The van der Waals surface area contributed by atoms with Crippen molar-refractivity contribution in [3.05, 3.63) is 58.9 Å². The highest BCUT2D eigenvalue weighted by Gasteiger charge is 2.12. The van der Waals surface area contributed by atoms with Gasteiger partial charge in [0.15, 0.2) is 12.4 Å². The molecule has 1 heterocycles. The number of hydrogen-bond donors (Lipinski definition) is 1. The van der Waals surface area contributed by atoms with E-state index >= 15 is 0 Å². The zero-order valence-electron chi connectivity index (χ0n) is 10.4. The van der Waals surface area contributed by atoms with Crippen LogP contribution in [0, 0.1) is 0 Å². The summed E-state index contributed by atoms with van der Waals surface area (Å²) >= 11 is 5.72. The largest absolute Gasteiger partial charge is 0.453 e. The van der Waals surface area contributed by atoms with E-state index in [1.807, 2.05) is 0 Å². The number of pyridine rings is 1. The molecule has 0 amide bonds. The average molecular weight is 291 g/mol. The van der Waals surface area contributed by atoms with E-state index in [0.29, 0.717) is 16.3 Å². The van der Waals surface area contributed by atoms with Crippen LogP contribution in [0.2, 0.25) is 5.02 Å². The van der Waals surface area contributed by atoms with Crippen molar-refractivity contribution in [2.45, 2.75) is 0 Å². The second kappa shape index (κ2) is 6.16. The number of aromatic nitrogens is 1. The van der Waals surface area contributed by atoms with Gasteiger partial charge < -0.3 is 10.5 Å². The summed E-state index contributed by atoms with van der Waals surface area (Å²) in [6.45, 7) is -0.355. The van der Waals surface area contributed by atoms with E-state index in [1.165, 1.54) is 18.3 Å². The van der Waals surface area contributed by atoms with E-state index in [-0.39, 0.29) is 18.1 Å². The van der Waals surface area contributed by atoms with Gasteiger partial charge in [-0.2, -0.15) is 0 Å². The van der Waals surface area contributed by atoms with Crippen LogP contribution >= 0.6 is 11.6 Å². The number of ketones is 1. The molecule has 102 valence electrons. The average Bonchev–Trinajstić information content (AvgIpc) is 2.46. The van der Waals surface area contributed by atoms with Gasteiger partial charge in [0.05, 0.1) is 11.9 Å². The minimum Gasteiger partial charge on any atom is -0.453 e. The number of carbonyl (C=O) groups is 2. The summed E-state index contributed by atoms with van der Waals surface area (Å²) in [5.41, 5.74) is 6.42. The molecular formula is C14H11ClN2O3. The van der Waals surface area contributed by atoms with E-state index in [9.17, 15) is 9.59 Å². The Kier molecular flexibility index (Phi) is 4.32. The van der Waals surface area contributed by atoms with Crippen LogP contribution in [0.4, 0.5) is 5.69 Å². The number of nitrogens with two attached hydrogens (primary N) is 1. The smallest absolute Gasteiger partial charge is 0.357 e. The molecular weight excluding hydrogens is 280 g/mol. The maximum absolute atomic E-state index is 11.8. The lowest BCUT2D eigenvalue weighted by atomic mass is 10.1. The highest BCUT2D eigenvalue weighted by atomic mass is 35.5. The second-order valence-electron chi connectivity index (χ2n) is 3.98. The van der Waals surface area contributed by atoms with Gasteiger partial charge >= 0.3 is 5.97 Å². The van der Waals surface area contributed by atoms with E-state index in [1.54, 1.807) is 24.3 Å². The summed E-state index contributed by atoms with van der Waals surface area (Å²) in [5.74, 6) is -0.988. The van der Waals surface area contributed by atoms with E-state index < -0.39 is 5.97 Å². The summed E-state index contributed by atoms with van der Waals surface area (Å²) in [7, 11) is 0. The summed E-state index contributed by atoms with van der Waals surface area (Å²) in [4.78, 5) is 27.2. The van der Waals surface area contributed by atoms with Gasteiger partial charge in [-0.15, -0.1) is 0 Å². The molecule has 0 aliphatic carbocycles. The van der Waals surface area contributed by atoms with Gasteiger partial charge in [-0.3, -0.25) is 4.79 Å². The third kappa shape index (κ3) is 3.55. The molecule has 0 spiro atoms. The summed E-state index contributed by atoms with van der Waals surface area (Å²) in [6, 6.07) is 9.30. The monoisotopic (exact) mass is 290 g/mol. The van der Waals surface area contributed by atoms with Gasteiger partial charge in [0.25, 0.3) is 0 Å². The highest BCUT2D eigenvalue weighted by molar-refractivity contribution is 6.30. The van der Waals surface area contributed by atoms with Crippen molar-refractivity contribution in [2.75, 3.05) is 12.3 Å². The maximum Gasteiger partial charge on any atom is 0.357 e. The van der Waals surface area contributed by atoms with E-state index in [2.05, 4.69) is 4.98 Å². The molecule has 0 unspecified atom stereocenters. The Hall–Kier alpha value is -2.40. The van der Waals surface area contributed by atoms with Crippen LogP contribution in [0.5, 0.6) is 0 Å². The van der Waals surface area contributed by atoms with Gasteiger partial charge in [0.2, 0.25) is 0 Å². The number of nitrogens with zero attached hydrogens (tertiary/aromatic N) is 1. The molecule has 0 saturated heterocycles. The Morgan fingerprint density at radius 2 is 1.85 bits per heavy atom. The topological polar surface area (TPSA) is 82.3 Å². The lowest BCUT2D eigenvalue weighted by Crippen LogP contribution is -2.15. The van der Waals surface area contributed by atoms with Crippen LogP contribution < -0.4 is 5.73 Å². The lowest BCUT2D eigenvalue weighted by Gasteiger charge is -2.04. The minimum atomic E-state index is -0.674. The minimum absolute atomic E-state index is 0.100. The summed E-state index contributed by atoms with van der Waals surface area (Å²) < 4.78 is 4.89. The van der Waals surface area contributed by atoms with Gasteiger partial charge in [0, 0.05) is 10.6 Å². The van der Waals surface area contributed by atoms with Gasteiger partial charge in [-0.05, 0) is 36.4 Å². The number of esters is 1. The molecule has 5 nitrogen and oxygen atoms in total.